The van der Waals surface area contributed by atoms with Gasteiger partial charge in [0.25, 0.3) is 0 Å². The number of halogens is 1. The van der Waals surface area contributed by atoms with Crippen LogP contribution in [0.15, 0.2) is 24.3 Å². The summed E-state index contributed by atoms with van der Waals surface area (Å²) in [5, 5.41) is 3.84. The lowest BCUT2D eigenvalue weighted by Crippen LogP contribution is -2.35. The third-order valence-electron chi connectivity index (χ3n) is 4.31. The molecule has 1 saturated heterocycles. The Morgan fingerprint density at radius 2 is 2.32 bits per heavy atom. The monoisotopic (exact) mass is 323 g/mol. The van der Waals surface area contributed by atoms with E-state index in [-0.39, 0.29) is 17.6 Å². The third kappa shape index (κ3) is 4.00. The van der Waals surface area contributed by atoms with E-state index in [1.54, 1.807) is 0 Å². The fourth-order valence-corrected chi connectivity index (χ4v) is 3.07. The predicted molar refractivity (Wildman–Crippen MR) is 84.9 cm³/mol. The summed E-state index contributed by atoms with van der Waals surface area (Å²) in [6.45, 7) is 1.86. The van der Waals surface area contributed by atoms with Gasteiger partial charge >= 0.3 is 0 Å². The van der Waals surface area contributed by atoms with Gasteiger partial charge in [-0.15, -0.1) is 0 Å². The minimum absolute atomic E-state index is 0.0322. The molecule has 1 aliphatic carbocycles. The molecular weight excluding hydrogens is 302 g/mol. The van der Waals surface area contributed by atoms with Gasteiger partial charge in [0.1, 0.15) is 0 Å². The molecule has 0 bridgehead atoms. The van der Waals surface area contributed by atoms with Crippen molar-refractivity contribution < 1.29 is 14.3 Å². The topological polar surface area (TPSA) is 47.6 Å². The first-order chi connectivity index (χ1) is 10.7. The van der Waals surface area contributed by atoms with E-state index < -0.39 is 0 Å². The van der Waals surface area contributed by atoms with Crippen molar-refractivity contribution in [1.29, 1.82) is 0 Å². The van der Waals surface area contributed by atoms with Crippen LogP contribution >= 0.6 is 11.6 Å². The molecule has 5 heteroatoms. The van der Waals surface area contributed by atoms with Crippen LogP contribution in [0.2, 0.25) is 5.02 Å². The number of hydrogen-bond acceptors (Lipinski definition) is 3. The second-order valence-corrected chi connectivity index (χ2v) is 6.54. The second kappa shape index (κ2) is 6.99. The molecule has 1 atom stereocenters. The van der Waals surface area contributed by atoms with Crippen molar-refractivity contribution in [3.63, 3.8) is 0 Å². The Morgan fingerprint density at radius 1 is 1.45 bits per heavy atom. The number of hydrogen-bond donors (Lipinski definition) is 1. The van der Waals surface area contributed by atoms with E-state index in [2.05, 4.69) is 5.32 Å². The zero-order valence-electron chi connectivity index (χ0n) is 12.6. The summed E-state index contributed by atoms with van der Waals surface area (Å²) in [5.41, 5.74) is 0.880. The SMILES string of the molecule is O=C(CCOC[C@H]1CCCO1)NC1(c2cccc(Cl)c2)CC1. The average molecular weight is 324 g/mol. The number of carbonyl (C=O) groups is 1. The van der Waals surface area contributed by atoms with Gasteiger partial charge in [-0.05, 0) is 43.4 Å². The van der Waals surface area contributed by atoms with Crippen LogP contribution in [0.5, 0.6) is 0 Å². The van der Waals surface area contributed by atoms with Crippen LogP contribution < -0.4 is 5.32 Å². The van der Waals surface area contributed by atoms with Gasteiger partial charge in [0.2, 0.25) is 5.91 Å². The lowest BCUT2D eigenvalue weighted by Gasteiger charge is -2.18. The number of carbonyl (C=O) groups excluding carboxylic acids is 1. The maximum atomic E-state index is 12.1. The van der Waals surface area contributed by atoms with Crippen molar-refractivity contribution in [1.82, 2.24) is 5.32 Å². The van der Waals surface area contributed by atoms with Crippen LogP contribution in [0.4, 0.5) is 0 Å². The standard InChI is InChI=1S/C17H22ClNO3/c18-14-4-1-3-13(11-14)17(7-8-17)19-16(20)6-10-21-12-15-5-2-9-22-15/h1,3-4,11,15H,2,5-10,12H2,(H,19,20)/t15-/m1/s1. The number of amides is 1. The molecule has 1 aromatic carbocycles. The molecule has 1 N–H and O–H groups in total. The Morgan fingerprint density at radius 3 is 3.00 bits per heavy atom. The zero-order valence-corrected chi connectivity index (χ0v) is 13.4. The molecule has 1 saturated carbocycles. The zero-order chi connectivity index (χ0) is 15.4. The summed E-state index contributed by atoms with van der Waals surface area (Å²) in [6.07, 6.45) is 4.70. The first-order valence-corrected chi connectivity index (χ1v) is 8.32. The van der Waals surface area contributed by atoms with E-state index >= 15 is 0 Å². The molecule has 1 aromatic rings. The molecule has 0 unspecified atom stereocenters. The smallest absolute Gasteiger partial charge is 0.223 e. The van der Waals surface area contributed by atoms with Gasteiger partial charge in [-0.2, -0.15) is 0 Å². The molecule has 1 aliphatic heterocycles. The van der Waals surface area contributed by atoms with Crippen molar-refractivity contribution in [2.75, 3.05) is 19.8 Å². The van der Waals surface area contributed by atoms with Gasteiger partial charge in [0.05, 0.1) is 24.9 Å². The molecule has 0 spiro atoms. The summed E-state index contributed by atoms with van der Waals surface area (Å²) in [4.78, 5) is 12.1. The molecule has 1 heterocycles. The van der Waals surface area contributed by atoms with Gasteiger partial charge in [0.15, 0.2) is 0 Å². The Hall–Kier alpha value is -1.10. The molecule has 4 nitrogen and oxygen atoms in total. The first-order valence-electron chi connectivity index (χ1n) is 7.94. The summed E-state index contributed by atoms with van der Waals surface area (Å²) < 4.78 is 11.0. The van der Waals surface area contributed by atoms with Crippen molar-refractivity contribution in [3.05, 3.63) is 34.9 Å². The molecular formula is C17H22ClNO3. The van der Waals surface area contributed by atoms with Gasteiger partial charge < -0.3 is 14.8 Å². The lowest BCUT2D eigenvalue weighted by atomic mass is 10.0. The van der Waals surface area contributed by atoms with Crippen molar-refractivity contribution in [3.8, 4) is 0 Å². The van der Waals surface area contributed by atoms with Gasteiger partial charge in [-0.1, -0.05) is 23.7 Å². The van der Waals surface area contributed by atoms with Crippen LogP contribution in [0.3, 0.4) is 0 Å². The summed E-state index contributed by atoms with van der Waals surface area (Å²) in [5.74, 6) is 0.0322. The molecule has 2 fully saturated rings. The van der Waals surface area contributed by atoms with Crippen molar-refractivity contribution in [2.45, 2.75) is 43.7 Å². The van der Waals surface area contributed by atoms with E-state index in [0.717, 1.165) is 37.9 Å². The molecule has 1 amide bonds. The van der Waals surface area contributed by atoms with Crippen LogP contribution in [-0.4, -0.2) is 31.8 Å². The minimum atomic E-state index is -0.212. The number of benzene rings is 1. The Bertz CT molecular complexity index is 524. The fourth-order valence-electron chi connectivity index (χ4n) is 2.88. The molecule has 0 aromatic heterocycles. The number of nitrogens with one attached hydrogen (secondary N) is 1. The van der Waals surface area contributed by atoms with Crippen LogP contribution in [-0.2, 0) is 19.8 Å². The van der Waals surface area contributed by atoms with E-state index in [0.29, 0.717) is 24.7 Å². The Kier molecular flexibility index (Phi) is 5.01. The highest BCUT2D eigenvalue weighted by Crippen LogP contribution is 2.46. The summed E-state index contributed by atoms with van der Waals surface area (Å²) in [6, 6.07) is 7.73. The normalized spacial score (nSPS) is 22.5. The highest BCUT2D eigenvalue weighted by Gasteiger charge is 2.45. The number of rotatable bonds is 7. The lowest BCUT2D eigenvalue weighted by molar-refractivity contribution is -0.123. The van der Waals surface area contributed by atoms with E-state index in [1.807, 2.05) is 24.3 Å². The third-order valence-corrected chi connectivity index (χ3v) is 4.54. The van der Waals surface area contributed by atoms with Crippen LogP contribution in [0.1, 0.15) is 37.7 Å². The quantitative estimate of drug-likeness (QED) is 0.785. The highest BCUT2D eigenvalue weighted by molar-refractivity contribution is 6.30. The highest BCUT2D eigenvalue weighted by atomic mass is 35.5. The molecule has 0 radical (unpaired) electrons. The van der Waals surface area contributed by atoms with E-state index in [4.69, 9.17) is 21.1 Å². The summed E-state index contributed by atoms with van der Waals surface area (Å²) in [7, 11) is 0. The van der Waals surface area contributed by atoms with Crippen LogP contribution in [0.25, 0.3) is 0 Å². The van der Waals surface area contributed by atoms with E-state index in [9.17, 15) is 4.79 Å². The maximum Gasteiger partial charge on any atom is 0.223 e. The van der Waals surface area contributed by atoms with Crippen LogP contribution in [0, 0.1) is 0 Å². The van der Waals surface area contributed by atoms with Crippen molar-refractivity contribution >= 4 is 17.5 Å². The van der Waals surface area contributed by atoms with Gasteiger partial charge in [-0.25, -0.2) is 0 Å². The van der Waals surface area contributed by atoms with Gasteiger partial charge in [-0.3, -0.25) is 4.79 Å². The van der Waals surface area contributed by atoms with Gasteiger partial charge in [0, 0.05) is 18.1 Å². The van der Waals surface area contributed by atoms with Crippen molar-refractivity contribution in [2.24, 2.45) is 0 Å². The largest absolute Gasteiger partial charge is 0.378 e. The minimum Gasteiger partial charge on any atom is -0.378 e. The maximum absolute atomic E-state index is 12.1. The number of ether oxygens (including phenoxy) is 2. The Labute approximate surface area is 136 Å². The molecule has 2 aliphatic rings. The predicted octanol–water partition coefficient (Wildman–Crippen LogP) is 3.03. The molecule has 3 rings (SSSR count). The fraction of sp³-hybridized carbons (Fsp3) is 0.588. The molecule has 22 heavy (non-hydrogen) atoms. The second-order valence-electron chi connectivity index (χ2n) is 6.10. The molecule has 120 valence electrons. The summed E-state index contributed by atoms with van der Waals surface area (Å²) >= 11 is 6.04. The van der Waals surface area contributed by atoms with E-state index in [1.165, 1.54) is 0 Å². The Balaban J connectivity index is 1.41. The first kappa shape index (κ1) is 15.8. The average Bonchev–Trinajstić information content (AvgIpc) is 3.09.